The number of rotatable bonds is 7. The molecule has 1 N–H and O–H groups in total. The number of nitrogens with zero attached hydrogens (tertiary/aromatic N) is 3. The van der Waals surface area contributed by atoms with Gasteiger partial charge in [-0.15, -0.1) is 0 Å². The third kappa shape index (κ3) is 3.54. The van der Waals surface area contributed by atoms with Crippen LogP contribution in [0.25, 0.3) is 0 Å². The number of nitrogens with one attached hydrogen (secondary N) is 1. The summed E-state index contributed by atoms with van der Waals surface area (Å²) in [6.45, 7) is 4.28. The van der Waals surface area contributed by atoms with Crippen molar-refractivity contribution in [1.29, 1.82) is 0 Å². The second-order valence-electron chi connectivity index (χ2n) is 5.11. The number of hydrogen-bond acceptors (Lipinski definition) is 3. The van der Waals surface area contributed by atoms with Crippen molar-refractivity contribution in [1.82, 2.24) is 19.8 Å². The summed E-state index contributed by atoms with van der Waals surface area (Å²) >= 11 is 0. The zero-order valence-electron chi connectivity index (χ0n) is 11.2. The van der Waals surface area contributed by atoms with Crippen LogP contribution >= 0.6 is 0 Å². The highest BCUT2D eigenvalue weighted by molar-refractivity contribution is 4.92. The second kappa shape index (κ2) is 5.65. The third-order valence-electron chi connectivity index (χ3n) is 3.63. The molecule has 1 aromatic rings. The summed E-state index contributed by atoms with van der Waals surface area (Å²) in [4.78, 5) is 6.78. The van der Waals surface area contributed by atoms with Crippen LogP contribution in [0.1, 0.15) is 32.0 Å². The van der Waals surface area contributed by atoms with Crippen molar-refractivity contribution in [2.75, 3.05) is 13.6 Å². The fourth-order valence-corrected chi connectivity index (χ4v) is 2.10. The van der Waals surface area contributed by atoms with E-state index < -0.39 is 0 Å². The maximum Gasteiger partial charge on any atom is 0.122 e. The minimum atomic E-state index is 0.604. The summed E-state index contributed by atoms with van der Waals surface area (Å²) in [7, 11) is 4.25. The number of aryl methyl sites for hydroxylation is 1. The molecule has 1 aliphatic rings. The molecule has 0 amide bonds. The Morgan fingerprint density at radius 2 is 2.35 bits per heavy atom. The van der Waals surface area contributed by atoms with Crippen LogP contribution in [0, 0.1) is 0 Å². The summed E-state index contributed by atoms with van der Waals surface area (Å²) in [6.07, 6.45) is 7.78. The molecule has 1 saturated carbocycles. The first kappa shape index (κ1) is 12.6. The quantitative estimate of drug-likeness (QED) is 0.776. The van der Waals surface area contributed by atoms with Gasteiger partial charge in [0.1, 0.15) is 5.82 Å². The largest absolute Gasteiger partial charge is 0.337 e. The van der Waals surface area contributed by atoms with E-state index in [1.807, 2.05) is 12.4 Å². The van der Waals surface area contributed by atoms with Crippen LogP contribution in [0.2, 0.25) is 0 Å². The smallest absolute Gasteiger partial charge is 0.122 e. The normalized spacial score (nSPS) is 17.6. The molecule has 1 heterocycles. The SMILES string of the molecule is CCC(CNC1CC1)N(C)Cc1nccn1C. The van der Waals surface area contributed by atoms with Gasteiger partial charge in [-0.3, -0.25) is 4.90 Å². The van der Waals surface area contributed by atoms with Crippen LogP contribution in [0.3, 0.4) is 0 Å². The van der Waals surface area contributed by atoms with Gasteiger partial charge in [0.25, 0.3) is 0 Å². The van der Waals surface area contributed by atoms with E-state index >= 15 is 0 Å². The molecule has 0 bridgehead atoms. The molecule has 0 spiro atoms. The molecule has 1 atom stereocenters. The van der Waals surface area contributed by atoms with Gasteiger partial charge in [-0.05, 0) is 26.3 Å². The van der Waals surface area contributed by atoms with Gasteiger partial charge < -0.3 is 9.88 Å². The van der Waals surface area contributed by atoms with Crippen molar-refractivity contribution in [3.8, 4) is 0 Å². The Kier molecular flexibility index (Phi) is 4.18. The molecule has 0 aromatic carbocycles. The number of aromatic nitrogens is 2. The standard InChI is InChI=1S/C13H24N4/c1-4-12(9-15-11-5-6-11)17(3)10-13-14-7-8-16(13)2/h7-8,11-12,15H,4-6,9-10H2,1-3H3. The Hall–Kier alpha value is -0.870. The first-order valence-corrected chi connectivity index (χ1v) is 6.60. The minimum Gasteiger partial charge on any atom is -0.337 e. The molecule has 17 heavy (non-hydrogen) atoms. The van der Waals surface area contributed by atoms with Crippen LogP contribution in [0.5, 0.6) is 0 Å². The highest BCUT2D eigenvalue weighted by Gasteiger charge is 2.23. The lowest BCUT2D eigenvalue weighted by Gasteiger charge is -2.27. The molecule has 4 nitrogen and oxygen atoms in total. The van der Waals surface area contributed by atoms with Crippen LogP contribution in [-0.4, -0.2) is 40.1 Å². The van der Waals surface area contributed by atoms with E-state index in [2.05, 4.69) is 40.8 Å². The van der Waals surface area contributed by atoms with Gasteiger partial charge >= 0.3 is 0 Å². The van der Waals surface area contributed by atoms with E-state index in [9.17, 15) is 0 Å². The Balaban J connectivity index is 1.82. The van der Waals surface area contributed by atoms with Crippen LogP contribution in [-0.2, 0) is 13.6 Å². The maximum absolute atomic E-state index is 4.38. The van der Waals surface area contributed by atoms with Crippen LogP contribution in [0.4, 0.5) is 0 Å². The van der Waals surface area contributed by atoms with E-state index in [1.54, 1.807) is 0 Å². The fraction of sp³-hybridized carbons (Fsp3) is 0.769. The van der Waals surface area contributed by atoms with Crippen LogP contribution < -0.4 is 5.32 Å². The van der Waals surface area contributed by atoms with Crippen molar-refractivity contribution < 1.29 is 0 Å². The number of likely N-dealkylation sites (N-methyl/N-ethyl adjacent to an activating group) is 1. The van der Waals surface area contributed by atoms with E-state index in [-0.39, 0.29) is 0 Å². The van der Waals surface area contributed by atoms with E-state index in [1.165, 1.54) is 19.3 Å². The molecule has 1 unspecified atom stereocenters. The molecule has 4 heteroatoms. The third-order valence-corrected chi connectivity index (χ3v) is 3.63. The average Bonchev–Trinajstić information content (AvgIpc) is 3.05. The van der Waals surface area contributed by atoms with E-state index in [4.69, 9.17) is 0 Å². The summed E-state index contributed by atoms with van der Waals surface area (Å²) in [6, 6.07) is 1.40. The summed E-state index contributed by atoms with van der Waals surface area (Å²) < 4.78 is 2.09. The molecule has 0 radical (unpaired) electrons. The lowest BCUT2D eigenvalue weighted by atomic mass is 10.2. The Bertz CT molecular complexity index is 343. The van der Waals surface area contributed by atoms with Gasteiger partial charge in [-0.1, -0.05) is 6.92 Å². The predicted octanol–water partition coefficient (Wildman–Crippen LogP) is 1.38. The summed E-state index contributed by atoms with van der Waals surface area (Å²) in [5, 5.41) is 3.61. The van der Waals surface area contributed by atoms with Gasteiger partial charge in [0.15, 0.2) is 0 Å². The first-order chi connectivity index (χ1) is 8.20. The lowest BCUT2D eigenvalue weighted by Crippen LogP contribution is -2.40. The highest BCUT2D eigenvalue weighted by Crippen LogP contribution is 2.19. The molecule has 0 saturated heterocycles. The zero-order valence-corrected chi connectivity index (χ0v) is 11.2. The van der Waals surface area contributed by atoms with Crippen molar-refractivity contribution in [3.05, 3.63) is 18.2 Å². The fourth-order valence-electron chi connectivity index (χ4n) is 2.10. The zero-order chi connectivity index (χ0) is 12.3. The summed E-state index contributed by atoms with van der Waals surface area (Å²) in [5.74, 6) is 1.14. The average molecular weight is 236 g/mol. The lowest BCUT2D eigenvalue weighted by molar-refractivity contribution is 0.214. The minimum absolute atomic E-state index is 0.604. The molecule has 1 fully saturated rings. The van der Waals surface area contributed by atoms with Gasteiger partial charge in [0, 0.05) is 38.1 Å². The Labute approximate surface area is 104 Å². The van der Waals surface area contributed by atoms with Gasteiger partial charge in [0.2, 0.25) is 0 Å². The first-order valence-electron chi connectivity index (χ1n) is 6.60. The number of imidazole rings is 1. The van der Waals surface area contributed by atoms with Crippen molar-refractivity contribution in [3.63, 3.8) is 0 Å². The second-order valence-corrected chi connectivity index (χ2v) is 5.11. The van der Waals surface area contributed by atoms with E-state index in [0.29, 0.717) is 6.04 Å². The Morgan fingerprint density at radius 1 is 1.59 bits per heavy atom. The van der Waals surface area contributed by atoms with Crippen molar-refractivity contribution >= 4 is 0 Å². The van der Waals surface area contributed by atoms with Crippen molar-refractivity contribution in [2.45, 2.75) is 44.8 Å². The summed E-state index contributed by atoms with van der Waals surface area (Å²) in [5.41, 5.74) is 0. The molecule has 1 aromatic heterocycles. The Morgan fingerprint density at radius 3 is 2.88 bits per heavy atom. The molecular formula is C13H24N4. The monoisotopic (exact) mass is 236 g/mol. The maximum atomic E-state index is 4.38. The van der Waals surface area contributed by atoms with Crippen molar-refractivity contribution in [2.24, 2.45) is 7.05 Å². The molecule has 1 aliphatic carbocycles. The highest BCUT2D eigenvalue weighted by atomic mass is 15.2. The molecule has 2 rings (SSSR count). The predicted molar refractivity (Wildman–Crippen MR) is 69.8 cm³/mol. The number of hydrogen-bond donors (Lipinski definition) is 1. The van der Waals surface area contributed by atoms with E-state index in [0.717, 1.165) is 25.0 Å². The molecular weight excluding hydrogens is 212 g/mol. The molecule has 96 valence electrons. The van der Waals surface area contributed by atoms with Gasteiger partial charge in [0.05, 0.1) is 6.54 Å². The topological polar surface area (TPSA) is 33.1 Å². The van der Waals surface area contributed by atoms with Crippen LogP contribution in [0.15, 0.2) is 12.4 Å². The van der Waals surface area contributed by atoms with Gasteiger partial charge in [-0.25, -0.2) is 4.98 Å². The molecule has 0 aliphatic heterocycles. The van der Waals surface area contributed by atoms with Gasteiger partial charge in [-0.2, -0.15) is 0 Å².